The smallest absolute Gasteiger partial charge is 0.0752 e. The van der Waals surface area contributed by atoms with Gasteiger partial charge in [0.15, 0.2) is 0 Å². The van der Waals surface area contributed by atoms with Crippen molar-refractivity contribution < 1.29 is 4.21 Å². The maximum atomic E-state index is 12.3. The highest BCUT2D eigenvalue weighted by atomic mass is 32.2. The van der Waals surface area contributed by atoms with Gasteiger partial charge in [0.05, 0.1) is 9.73 Å². The average molecular weight is 223 g/mol. The summed E-state index contributed by atoms with van der Waals surface area (Å²) in [6.07, 6.45) is 0.963. The van der Waals surface area contributed by atoms with Crippen LogP contribution in [0.3, 0.4) is 0 Å². The summed E-state index contributed by atoms with van der Waals surface area (Å²) in [6, 6.07) is 8.10. The normalized spacial score (nSPS) is 25.5. The molecular weight excluding hydrogens is 206 g/mol. The third kappa shape index (κ3) is 2.07. The molecule has 1 heterocycles. The average Bonchev–Trinajstić information content (AvgIpc) is 2.67. The van der Waals surface area contributed by atoms with Gasteiger partial charge in [-0.15, -0.1) is 0 Å². The fourth-order valence-corrected chi connectivity index (χ4v) is 3.81. The monoisotopic (exact) mass is 223 g/mol. The summed E-state index contributed by atoms with van der Waals surface area (Å²) >= 11 is 0. The second-order valence-corrected chi connectivity index (χ2v) is 6.69. The van der Waals surface area contributed by atoms with E-state index < -0.39 is 9.73 Å². The van der Waals surface area contributed by atoms with Crippen molar-refractivity contribution in [3.8, 4) is 0 Å². The summed E-state index contributed by atoms with van der Waals surface area (Å²) in [4.78, 5) is 0.907. The van der Waals surface area contributed by atoms with Crippen LogP contribution in [0.4, 0.5) is 0 Å². The van der Waals surface area contributed by atoms with Gasteiger partial charge in [0, 0.05) is 17.2 Å². The van der Waals surface area contributed by atoms with Crippen molar-refractivity contribution in [2.75, 3.05) is 12.3 Å². The number of rotatable bonds is 2. The lowest BCUT2D eigenvalue weighted by molar-refractivity contribution is 0.678. The molecule has 1 aliphatic heterocycles. The molecule has 0 aromatic heterocycles. The van der Waals surface area contributed by atoms with Gasteiger partial charge in [0.1, 0.15) is 0 Å². The van der Waals surface area contributed by atoms with Gasteiger partial charge in [-0.3, -0.25) is 0 Å². The Morgan fingerprint density at radius 2 is 1.93 bits per heavy atom. The van der Waals surface area contributed by atoms with Crippen molar-refractivity contribution in [1.29, 1.82) is 0 Å². The molecule has 0 bridgehead atoms. The molecule has 0 spiro atoms. The molecular formula is C12H17NOS. The van der Waals surface area contributed by atoms with Gasteiger partial charge in [-0.1, -0.05) is 26.0 Å². The molecule has 15 heavy (non-hydrogen) atoms. The summed E-state index contributed by atoms with van der Waals surface area (Å²) in [5, 5.41) is 0. The molecule has 1 unspecified atom stereocenters. The van der Waals surface area contributed by atoms with Gasteiger partial charge in [0.25, 0.3) is 0 Å². The molecule has 0 saturated carbocycles. The zero-order chi connectivity index (χ0) is 10.9. The third-order valence-corrected chi connectivity index (χ3v) is 5.24. The van der Waals surface area contributed by atoms with Gasteiger partial charge in [-0.05, 0) is 30.0 Å². The standard InChI is InChI=1S/C12H17NOS/c1-10(2)11-4-6-12(7-5-11)15(14)9-3-8-13-15/h4-7,10H,3,8-9H2,1-2H3. The summed E-state index contributed by atoms with van der Waals surface area (Å²) in [5.41, 5.74) is 1.29. The number of hydrogen-bond donors (Lipinski definition) is 0. The highest BCUT2D eigenvalue weighted by molar-refractivity contribution is 7.93. The Morgan fingerprint density at radius 3 is 2.40 bits per heavy atom. The Hall–Kier alpha value is -0.830. The minimum atomic E-state index is -2.05. The molecule has 0 radical (unpaired) electrons. The van der Waals surface area contributed by atoms with Crippen molar-refractivity contribution in [2.24, 2.45) is 4.36 Å². The van der Waals surface area contributed by atoms with Gasteiger partial charge in [-0.2, -0.15) is 0 Å². The largest absolute Gasteiger partial charge is 0.245 e. The van der Waals surface area contributed by atoms with Crippen molar-refractivity contribution in [3.63, 3.8) is 0 Å². The molecule has 1 atom stereocenters. The first-order valence-corrected chi connectivity index (χ1v) is 7.11. The van der Waals surface area contributed by atoms with Crippen LogP contribution in [0, 0.1) is 0 Å². The van der Waals surface area contributed by atoms with E-state index in [2.05, 4.69) is 30.3 Å². The Bertz CT molecular complexity index is 453. The van der Waals surface area contributed by atoms with Gasteiger partial charge in [0.2, 0.25) is 0 Å². The van der Waals surface area contributed by atoms with Gasteiger partial charge < -0.3 is 0 Å². The minimum Gasteiger partial charge on any atom is -0.245 e. The van der Waals surface area contributed by atoms with E-state index in [4.69, 9.17) is 0 Å². The van der Waals surface area contributed by atoms with Crippen LogP contribution in [0.1, 0.15) is 31.7 Å². The summed E-state index contributed by atoms with van der Waals surface area (Å²) in [7, 11) is -2.05. The molecule has 0 saturated heterocycles. The van der Waals surface area contributed by atoms with Gasteiger partial charge >= 0.3 is 0 Å². The molecule has 0 N–H and O–H groups in total. The van der Waals surface area contributed by atoms with E-state index in [1.807, 2.05) is 12.1 Å². The van der Waals surface area contributed by atoms with Crippen LogP contribution < -0.4 is 0 Å². The quantitative estimate of drug-likeness (QED) is 0.757. The predicted molar refractivity (Wildman–Crippen MR) is 63.7 cm³/mol. The summed E-state index contributed by atoms with van der Waals surface area (Å²) < 4.78 is 16.5. The fourth-order valence-electron chi connectivity index (χ4n) is 1.79. The number of benzene rings is 1. The Balaban J connectivity index is 2.36. The topological polar surface area (TPSA) is 29.4 Å². The molecule has 2 rings (SSSR count). The SMILES string of the molecule is CC(C)c1ccc(S2(=O)=NCCC2)cc1. The zero-order valence-corrected chi connectivity index (χ0v) is 10.1. The van der Waals surface area contributed by atoms with Crippen LogP contribution in [-0.4, -0.2) is 16.5 Å². The van der Waals surface area contributed by atoms with Crippen LogP contribution in [0.25, 0.3) is 0 Å². The van der Waals surface area contributed by atoms with Crippen LogP contribution >= 0.6 is 0 Å². The first-order valence-electron chi connectivity index (χ1n) is 5.42. The first kappa shape index (κ1) is 10.7. The van der Waals surface area contributed by atoms with Gasteiger partial charge in [-0.25, -0.2) is 8.57 Å². The molecule has 3 heteroatoms. The lowest BCUT2D eigenvalue weighted by atomic mass is 10.0. The van der Waals surface area contributed by atoms with Crippen LogP contribution in [0.15, 0.2) is 33.5 Å². The van der Waals surface area contributed by atoms with Crippen molar-refractivity contribution >= 4 is 9.73 Å². The van der Waals surface area contributed by atoms with Crippen LogP contribution in [0.5, 0.6) is 0 Å². The molecule has 0 fully saturated rings. The second-order valence-electron chi connectivity index (χ2n) is 4.27. The lowest BCUT2D eigenvalue weighted by Gasteiger charge is -2.08. The third-order valence-electron chi connectivity index (χ3n) is 2.79. The van der Waals surface area contributed by atoms with E-state index in [0.717, 1.165) is 23.6 Å². The van der Waals surface area contributed by atoms with E-state index in [9.17, 15) is 4.21 Å². The number of nitrogens with zero attached hydrogens (tertiary/aromatic N) is 1. The van der Waals surface area contributed by atoms with E-state index >= 15 is 0 Å². The van der Waals surface area contributed by atoms with Crippen molar-refractivity contribution in [3.05, 3.63) is 29.8 Å². The molecule has 1 aliphatic rings. The lowest BCUT2D eigenvalue weighted by Crippen LogP contribution is -2.01. The van der Waals surface area contributed by atoms with Crippen LogP contribution in [-0.2, 0) is 9.73 Å². The molecule has 0 amide bonds. The molecule has 0 aliphatic carbocycles. The van der Waals surface area contributed by atoms with E-state index in [0.29, 0.717) is 5.92 Å². The fraction of sp³-hybridized carbons (Fsp3) is 0.500. The zero-order valence-electron chi connectivity index (χ0n) is 9.27. The second kappa shape index (κ2) is 3.97. The van der Waals surface area contributed by atoms with Crippen molar-refractivity contribution in [2.45, 2.75) is 31.1 Å². The Morgan fingerprint density at radius 1 is 1.27 bits per heavy atom. The molecule has 2 nitrogen and oxygen atoms in total. The summed E-state index contributed by atoms with van der Waals surface area (Å²) in [6.45, 7) is 5.08. The van der Waals surface area contributed by atoms with E-state index in [1.54, 1.807) is 0 Å². The molecule has 1 aromatic carbocycles. The highest BCUT2D eigenvalue weighted by Gasteiger charge is 2.16. The Kier molecular flexibility index (Phi) is 2.83. The van der Waals surface area contributed by atoms with Crippen LogP contribution in [0.2, 0.25) is 0 Å². The first-order chi connectivity index (χ1) is 7.12. The van der Waals surface area contributed by atoms with Crippen molar-refractivity contribution in [1.82, 2.24) is 0 Å². The maximum Gasteiger partial charge on any atom is 0.0752 e. The maximum absolute atomic E-state index is 12.3. The number of hydrogen-bond acceptors (Lipinski definition) is 2. The molecule has 1 aromatic rings. The predicted octanol–water partition coefficient (Wildman–Crippen LogP) is 3.04. The Labute approximate surface area is 91.9 Å². The summed E-state index contributed by atoms with van der Waals surface area (Å²) in [5.74, 6) is 1.26. The van der Waals surface area contributed by atoms with E-state index in [-0.39, 0.29) is 0 Å². The highest BCUT2D eigenvalue weighted by Crippen LogP contribution is 2.22. The minimum absolute atomic E-state index is 0.525. The molecule has 82 valence electrons. The van der Waals surface area contributed by atoms with E-state index in [1.165, 1.54) is 5.56 Å².